The molecule has 0 saturated heterocycles. The highest BCUT2D eigenvalue weighted by Crippen LogP contribution is 2.29. The quantitative estimate of drug-likeness (QED) is 0.117. The van der Waals surface area contributed by atoms with E-state index in [2.05, 4.69) is 17.0 Å². The van der Waals surface area contributed by atoms with Crippen molar-refractivity contribution >= 4 is 6.09 Å². The lowest BCUT2D eigenvalue weighted by molar-refractivity contribution is -0.344. The third-order valence-electron chi connectivity index (χ3n) is 4.82. The number of hydrogen-bond acceptors (Lipinski definition) is 5. The molecule has 1 atom stereocenters. The lowest BCUT2D eigenvalue weighted by Gasteiger charge is -2.26. The van der Waals surface area contributed by atoms with Crippen molar-refractivity contribution in [3.8, 4) is 5.75 Å². The zero-order valence-electron chi connectivity index (χ0n) is 17.2. The Morgan fingerprint density at radius 1 is 0.839 bits per heavy atom. The minimum absolute atomic E-state index is 0.0846. The summed E-state index contributed by atoms with van der Waals surface area (Å²) in [5.41, 5.74) is 0. The molecule has 0 radical (unpaired) electrons. The van der Waals surface area contributed by atoms with Gasteiger partial charge in [-0.05, 0) is 19.3 Å². The SMILES string of the molecule is CCCCCCCCC(CCCNC(=O)Oc1c(F)c(F)c(F)c(F)c1F)C(O)(O)O. The average Bonchev–Trinajstić information content (AvgIpc) is 2.71. The minimum Gasteiger partial charge on any atom is -0.404 e. The highest BCUT2D eigenvalue weighted by atomic mass is 19.2. The standard InChI is InChI=1S/C20H28F5NO5/c1-2-3-4-5-6-7-9-12(20(28,29)30)10-8-11-26-19(27)31-18-16(24)14(22)13(21)15(23)17(18)25/h12,28-30H,2-11H2,1H3,(H,26,27). The molecule has 0 aliphatic rings. The topological polar surface area (TPSA) is 99.0 Å². The first-order chi connectivity index (χ1) is 14.5. The van der Waals surface area contributed by atoms with Crippen molar-refractivity contribution in [2.24, 2.45) is 5.92 Å². The molecule has 6 nitrogen and oxygen atoms in total. The number of amides is 1. The maximum Gasteiger partial charge on any atom is 0.412 e. The molecular weight excluding hydrogens is 429 g/mol. The second-order valence-corrected chi connectivity index (χ2v) is 7.30. The van der Waals surface area contributed by atoms with Crippen molar-refractivity contribution in [2.45, 2.75) is 70.7 Å². The van der Waals surface area contributed by atoms with Crippen molar-refractivity contribution in [3.63, 3.8) is 0 Å². The molecule has 31 heavy (non-hydrogen) atoms. The van der Waals surface area contributed by atoms with Crippen LogP contribution in [0.1, 0.15) is 64.7 Å². The van der Waals surface area contributed by atoms with E-state index in [0.29, 0.717) is 12.8 Å². The summed E-state index contributed by atoms with van der Waals surface area (Å²) in [6, 6.07) is 0. The van der Waals surface area contributed by atoms with Gasteiger partial charge in [-0.25, -0.2) is 18.0 Å². The molecule has 0 fully saturated rings. The van der Waals surface area contributed by atoms with Crippen molar-refractivity contribution in [1.82, 2.24) is 5.32 Å². The van der Waals surface area contributed by atoms with E-state index in [-0.39, 0.29) is 19.4 Å². The summed E-state index contributed by atoms with van der Waals surface area (Å²) in [5.74, 6) is -17.0. The predicted molar refractivity (Wildman–Crippen MR) is 100 cm³/mol. The molecule has 0 spiro atoms. The van der Waals surface area contributed by atoms with E-state index in [1.54, 1.807) is 0 Å². The summed E-state index contributed by atoms with van der Waals surface area (Å²) >= 11 is 0. The van der Waals surface area contributed by atoms with Crippen LogP contribution in [0.15, 0.2) is 0 Å². The van der Waals surface area contributed by atoms with Gasteiger partial charge in [0.2, 0.25) is 34.8 Å². The predicted octanol–water partition coefficient (Wildman–Crippen LogP) is 4.25. The van der Waals surface area contributed by atoms with Gasteiger partial charge in [-0.3, -0.25) is 0 Å². The fraction of sp³-hybridized carbons (Fsp3) is 0.650. The van der Waals surface area contributed by atoms with E-state index in [0.717, 1.165) is 32.1 Å². The highest BCUT2D eigenvalue weighted by molar-refractivity contribution is 5.70. The van der Waals surface area contributed by atoms with Crippen molar-refractivity contribution in [3.05, 3.63) is 29.1 Å². The molecule has 178 valence electrons. The van der Waals surface area contributed by atoms with Gasteiger partial charge in [-0.1, -0.05) is 45.4 Å². The molecule has 1 aromatic rings. The Kier molecular flexibility index (Phi) is 11.1. The number of halogens is 5. The Hall–Kier alpha value is -1.98. The summed E-state index contributed by atoms with van der Waals surface area (Å²) in [6.45, 7) is 1.91. The first kappa shape index (κ1) is 27.1. The molecule has 11 heteroatoms. The van der Waals surface area contributed by atoms with Crippen LogP contribution in [0.3, 0.4) is 0 Å². The van der Waals surface area contributed by atoms with Gasteiger partial charge in [0, 0.05) is 12.5 Å². The number of carbonyl (C=O) groups excluding carboxylic acids is 1. The molecule has 0 saturated carbocycles. The molecule has 0 aliphatic heterocycles. The number of benzene rings is 1. The summed E-state index contributed by atoms with van der Waals surface area (Å²) in [4.78, 5) is 11.6. The normalized spacial score (nSPS) is 12.7. The van der Waals surface area contributed by atoms with Gasteiger partial charge in [0.15, 0.2) is 0 Å². The van der Waals surface area contributed by atoms with Gasteiger partial charge in [0.1, 0.15) is 0 Å². The Labute approximate surface area is 177 Å². The Morgan fingerprint density at radius 3 is 1.87 bits per heavy atom. The number of unbranched alkanes of at least 4 members (excludes halogenated alkanes) is 5. The lowest BCUT2D eigenvalue weighted by Crippen LogP contribution is -2.38. The summed E-state index contributed by atoms with van der Waals surface area (Å²) in [5, 5.41) is 30.5. The van der Waals surface area contributed by atoms with Gasteiger partial charge in [0.25, 0.3) is 5.97 Å². The van der Waals surface area contributed by atoms with Crippen LogP contribution in [0, 0.1) is 35.0 Å². The van der Waals surface area contributed by atoms with Crippen LogP contribution < -0.4 is 10.1 Å². The van der Waals surface area contributed by atoms with Gasteiger partial charge in [0.05, 0.1) is 0 Å². The molecule has 0 bridgehead atoms. The molecule has 0 aliphatic carbocycles. The number of nitrogens with one attached hydrogen (secondary N) is 1. The number of rotatable bonds is 13. The molecule has 1 aromatic carbocycles. The van der Waals surface area contributed by atoms with Crippen molar-refractivity contribution in [2.75, 3.05) is 6.54 Å². The lowest BCUT2D eigenvalue weighted by atomic mass is 9.93. The van der Waals surface area contributed by atoms with Crippen LogP contribution in [0.25, 0.3) is 0 Å². The van der Waals surface area contributed by atoms with Crippen molar-refractivity contribution < 1.29 is 46.8 Å². The van der Waals surface area contributed by atoms with Crippen molar-refractivity contribution in [1.29, 1.82) is 0 Å². The van der Waals surface area contributed by atoms with Crippen LogP contribution >= 0.6 is 0 Å². The first-order valence-electron chi connectivity index (χ1n) is 10.1. The van der Waals surface area contributed by atoms with E-state index in [9.17, 15) is 42.1 Å². The van der Waals surface area contributed by atoms with Gasteiger partial charge in [-0.2, -0.15) is 8.78 Å². The van der Waals surface area contributed by atoms with Crippen LogP contribution in [-0.2, 0) is 0 Å². The third-order valence-corrected chi connectivity index (χ3v) is 4.82. The van der Waals surface area contributed by atoms with E-state index in [1.807, 2.05) is 0 Å². The van der Waals surface area contributed by atoms with Crippen LogP contribution in [0.2, 0.25) is 0 Å². The minimum atomic E-state index is -2.90. The van der Waals surface area contributed by atoms with Crippen LogP contribution in [-0.4, -0.2) is 33.9 Å². The smallest absolute Gasteiger partial charge is 0.404 e. The third kappa shape index (κ3) is 8.58. The zero-order chi connectivity index (χ0) is 23.6. The number of aliphatic hydroxyl groups is 3. The number of carbonyl (C=O) groups is 1. The van der Waals surface area contributed by atoms with E-state index < -0.39 is 52.8 Å². The molecule has 1 amide bonds. The second-order valence-electron chi connectivity index (χ2n) is 7.30. The Balaban J connectivity index is 2.48. The molecular formula is C20H28F5NO5. The fourth-order valence-corrected chi connectivity index (χ4v) is 3.04. The average molecular weight is 457 g/mol. The van der Waals surface area contributed by atoms with Gasteiger partial charge >= 0.3 is 6.09 Å². The fourth-order valence-electron chi connectivity index (χ4n) is 3.04. The molecule has 0 heterocycles. The largest absolute Gasteiger partial charge is 0.412 e. The Bertz CT molecular complexity index is 698. The second kappa shape index (κ2) is 12.8. The maximum atomic E-state index is 13.5. The maximum absolute atomic E-state index is 13.5. The molecule has 1 unspecified atom stereocenters. The molecule has 1 rings (SSSR count). The summed E-state index contributed by atoms with van der Waals surface area (Å²) in [6.07, 6.45) is 4.85. The highest BCUT2D eigenvalue weighted by Gasteiger charge is 2.31. The van der Waals surface area contributed by atoms with Crippen LogP contribution in [0.4, 0.5) is 26.7 Å². The number of ether oxygens (including phenoxy) is 1. The van der Waals surface area contributed by atoms with Gasteiger partial charge < -0.3 is 25.4 Å². The summed E-state index contributed by atoms with van der Waals surface area (Å²) < 4.78 is 70.4. The monoisotopic (exact) mass is 457 g/mol. The first-order valence-corrected chi connectivity index (χ1v) is 10.1. The molecule has 0 aromatic heterocycles. The zero-order valence-corrected chi connectivity index (χ0v) is 17.2. The molecule has 4 N–H and O–H groups in total. The number of hydrogen-bond donors (Lipinski definition) is 4. The van der Waals surface area contributed by atoms with Gasteiger partial charge in [-0.15, -0.1) is 0 Å². The van der Waals surface area contributed by atoms with Crippen LogP contribution in [0.5, 0.6) is 5.75 Å². The van der Waals surface area contributed by atoms with E-state index >= 15 is 0 Å². The van der Waals surface area contributed by atoms with E-state index in [1.165, 1.54) is 0 Å². The Morgan fingerprint density at radius 2 is 1.32 bits per heavy atom. The summed E-state index contributed by atoms with van der Waals surface area (Å²) in [7, 11) is 0. The van der Waals surface area contributed by atoms with E-state index in [4.69, 9.17) is 0 Å².